The monoisotopic (exact) mass is 514 g/mol. The van der Waals surface area contributed by atoms with Gasteiger partial charge >= 0.3 is 18.3 Å². The molecule has 0 radical (unpaired) electrons. The Morgan fingerprint density at radius 2 is 1.83 bits per heavy atom. The fourth-order valence-electron chi connectivity index (χ4n) is 4.23. The molecule has 192 valence electrons. The van der Waals surface area contributed by atoms with Crippen LogP contribution < -0.4 is 4.90 Å². The fraction of sp³-hybridized carbons (Fsp3) is 0.333. The minimum atomic E-state index is -5.95. The molecule has 0 spiro atoms. The summed E-state index contributed by atoms with van der Waals surface area (Å²) in [6.07, 6.45) is -10.4. The second kappa shape index (κ2) is 8.84. The van der Waals surface area contributed by atoms with Gasteiger partial charge in [0.05, 0.1) is 24.9 Å². The van der Waals surface area contributed by atoms with E-state index in [1.165, 1.54) is 13.4 Å². The van der Waals surface area contributed by atoms with Gasteiger partial charge in [-0.05, 0) is 43.2 Å². The molecular formula is C24H20F6N2O4. The molecule has 1 aromatic heterocycles. The molecule has 1 aliphatic rings. The molecule has 4 rings (SSSR count). The maximum absolute atomic E-state index is 13.3. The molecule has 0 saturated heterocycles. The standard InChI is InChI=1S/C24H20F6N2O4/c1-13-8-16-10-17(22(34,23(25,26)27)24(28,29)30)6-7-19(16)32(13)11-18-12-36-20(31-18)14-4-3-5-15(9-14)21(33)35-2/h3-7,9-10,12-13,34H,8,11H2,1-2H3. The molecule has 0 bridgehead atoms. The van der Waals surface area contributed by atoms with Crippen LogP contribution in [0.15, 0.2) is 53.1 Å². The highest BCUT2D eigenvalue weighted by atomic mass is 19.4. The third-order valence-electron chi connectivity index (χ3n) is 6.09. The number of anilines is 1. The molecule has 0 saturated carbocycles. The lowest BCUT2D eigenvalue weighted by atomic mass is 9.90. The van der Waals surface area contributed by atoms with Gasteiger partial charge < -0.3 is 19.2 Å². The van der Waals surface area contributed by atoms with Crippen molar-refractivity contribution in [1.82, 2.24) is 4.98 Å². The smallest absolute Gasteiger partial charge is 0.430 e. The summed E-state index contributed by atoms with van der Waals surface area (Å²) in [6.45, 7) is 1.93. The van der Waals surface area contributed by atoms with Crippen LogP contribution in [0.25, 0.3) is 11.5 Å². The molecule has 0 amide bonds. The van der Waals surface area contributed by atoms with Gasteiger partial charge in [-0.15, -0.1) is 0 Å². The highest BCUT2D eigenvalue weighted by Gasteiger charge is 2.71. The van der Waals surface area contributed by atoms with E-state index in [0.29, 0.717) is 28.6 Å². The number of carbonyl (C=O) groups is 1. The van der Waals surface area contributed by atoms with Gasteiger partial charge in [0.2, 0.25) is 5.89 Å². The number of carbonyl (C=O) groups excluding carboxylic acids is 1. The molecule has 0 aliphatic carbocycles. The Balaban J connectivity index is 1.60. The molecule has 36 heavy (non-hydrogen) atoms. The molecule has 2 heterocycles. The first-order chi connectivity index (χ1) is 16.8. The first-order valence-corrected chi connectivity index (χ1v) is 10.6. The number of oxazole rings is 1. The Morgan fingerprint density at radius 3 is 2.47 bits per heavy atom. The first kappa shape index (κ1) is 25.5. The fourth-order valence-corrected chi connectivity index (χ4v) is 4.23. The highest BCUT2D eigenvalue weighted by molar-refractivity contribution is 5.90. The second-order valence-electron chi connectivity index (χ2n) is 8.45. The van der Waals surface area contributed by atoms with Crippen molar-refractivity contribution in [2.75, 3.05) is 12.0 Å². The summed E-state index contributed by atoms with van der Waals surface area (Å²) < 4.78 is 89.9. The van der Waals surface area contributed by atoms with Crippen LogP contribution in [0.4, 0.5) is 32.0 Å². The van der Waals surface area contributed by atoms with Crippen LogP contribution in [-0.2, 0) is 23.3 Å². The van der Waals surface area contributed by atoms with Crippen LogP contribution in [0, 0.1) is 0 Å². The summed E-state index contributed by atoms with van der Waals surface area (Å²) in [6, 6.07) is 8.66. The summed E-state index contributed by atoms with van der Waals surface area (Å²) in [5.41, 5.74) is -4.33. The molecule has 1 unspecified atom stereocenters. The van der Waals surface area contributed by atoms with Crippen molar-refractivity contribution >= 4 is 11.7 Å². The van der Waals surface area contributed by atoms with E-state index in [2.05, 4.69) is 4.98 Å². The van der Waals surface area contributed by atoms with E-state index in [0.717, 1.165) is 12.1 Å². The zero-order valence-electron chi connectivity index (χ0n) is 18.9. The van der Waals surface area contributed by atoms with E-state index in [4.69, 9.17) is 9.15 Å². The number of alkyl halides is 6. The topological polar surface area (TPSA) is 75.8 Å². The molecule has 3 aromatic rings. The predicted octanol–water partition coefficient (Wildman–Crippen LogP) is 5.39. The number of nitrogens with zero attached hydrogens (tertiary/aromatic N) is 2. The number of rotatable bonds is 5. The van der Waals surface area contributed by atoms with Gasteiger partial charge in [0, 0.05) is 22.9 Å². The lowest BCUT2D eigenvalue weighted by Crippen LogP contribution is -2.53. The number of aliphatic hydroxyl groups is 1. The molecule has 0 fully saturated rings. The number of esters is 1. The molecule has 12 heteroatoms. The summed E-state index contributed by atoms with van der Waals surface area (Å²) in [7, 11) is 1.25. The Hall–Kier alpha value is -3.54. The number of aromatic nitrogens is 1. The molecule has 1 N–H and O–H groups in total. The number of benzene rings is 2. The number of ether oxygens (including phenoxy) is 1. The van der Waals surface area contributed by atoms with Crippen molar-refractivity contribution in [3.63, 3.8) is 0 Å². The Morgan fingerprint density at radius 1 is 1.14 bits per heavy atom. The van der Waals surface area contributed by atoms with Gasteiger partial charge in [-0.25, -0.2) is 9.78 Å². The van der Waals surface area contributed by atoms with Crippen LogP contribution in [0.1, 0.15) is 34.1 Å². The van der Waals surface area contributed by atoms with Gasteiger partial charge in [-0.2, -0.15) is 26.3 Å². The number of hydrogen-bond acceptors (Lipinski definition) is 6. The van der Waals surface area contributed by atoms with Crippen LogP contribution in [0.5, 0.6) is 0 Å². The van der Waals surface area contributed by atoms with Crippen molar-refractivity contribution in [2.45, 2.75) is 43.9 Å². The lowest BCUT2D eigenvalue weighted by Gasteiger charge is -2.33. The summed E-state index contributed by atoms with van der Waals surface area (Å²) in [5, 5.41) is 9.72. The Kier molecular flexibility index (Phi) is 6.27. The normalized spacial score (nSPS) is 16.2. The van der Waals surface area contributed by atoms with Gasteiger partial charge in [0.25, 0.3) is 5.60 Å². The van der Waals surface area contributed by atoms with Crippen molar-refractivity contribution in [1.29, 1.82) is 0 Å². The number of hydrogen-bond donors (Lipinski definition) is 1. The van der Waals surface area contributed by atoms with Crippen LogP contribution in [0.2, 0.25) is 0 Å². The SMILES string of the molecule is COC(=O)c1cccc(-c2nc(CN3c4ccc(C(O)(C(F)(F)F)C(F)(F)F)cc4CC3C)co2)c1. The van der Waals surface area contributed by atoms with Gasteiger partial charge in [0.1, 0.15) is 6.26 Å². The van der Waals surface area contributed by atoms with E-state index >= 15 is 0 Å². The first-order valence-electron chi connectivity index (χ1n) is 10.6. The maximum Gasteiger partial charge on any atom is 0.430 e. The number of halogens is 6. The zero-order chi connectivity index (χ0) is 26.5. The van der Waals surface area contributed by atoms with E-state index in [1.54, 1.807) is 36.1 Å². The van der Waals surface area contributed by atoms with Crippen molar-refractivity contribution in [2.24, 2.45) is 0 Å². The average Bonchev–Trinajstić information content (AvgIpc) is 3.40. The predicted molar refractivity (Wildman–Crippen MR) is 115 cm³/mol. The summed E-state index contributed by atoms with van der Waals surface area (Å²) in [5.74, 6) is -0.313. The van der Waals surface area contributed by atoms with Gasteiger partial charge in [-0.3, -0.25) is 0 Å². The molecule has 1 aliphatic heterocycles. The minimum absolute atomic E-state index is 0.163. The molecular weight excluding hydrogens is 494 g/mol. The van der Waals surface area contributed by atoms with E-state index in [-0.39, 0.29) is 30.5 Å². The number of methoxy groups -OCH3 is 1. The minimum Gasteiger partial charge on any atom is -0.465 e. The number of fused-ring (bicyclic) bond motifs is 1. The zero-order valence-corrected chi connectivity index (χ0v) is 18.9. The Labute approximate surface area is 201 Å². The average molecular weight is 514 g/mol. The second-order valence-corrected chi connectivity index (χ2v) is 8.45. The highest BCUT2D eigenvalue weighted by Crippen LogP contribution is 2.51. The van der Waals surface area contributed by atoms with E-state index in [1.807, 2.05) is 0 Å². The summed E-state index contributed by atoms with van der Waals surface area (Å²) in [4.78, 5) is 17.9. The maximum atomic E-state index is 13.3. The van der Waals surface area contributed by atoms with Crippen LogP contribution in [-0.4, -0.2) is 41.6 Å². The summed E-state index contributed by atoms with van der Waals surface area (Å²) >= 11 is 0. The molecule has 2 aromatic carbocycles. The Bertz CT molecular complexity index is 1270. The van der Waals surface area contributed by atoms with Crippen LogP contribution in [0.3, 0.4) is 0 Å². The van der Waals surface area contributed by atoms with E-state index in [9.17, 15) is 36.2 Å². The molecule has 1 atom stereocenters. The third-order valence-corrected chi connectivity index (χ3v) is 6.09. The lowest BCUT2D eigenvalue weighted by molar-refractivity contribution is -0.376. The van der Waals surface area contributed by atoms with E-state index < -0.39 is 29.5 Å². The van der Waals surface area contributed by atoms with Crippen molar-refractivity contribution < 1.29 is 45.4 Å². The van der Waals surface area contributed by atoms with Crippen molar-refractivity contribution in [3.05, 3.63) is 71.1 Å². The van der Waals surface area contributed by atoms with Gasteiger partial charge in [-0.1, -0.05) is 18.2 Å². The van der Waals surface area contributed by atoms with Gasteiger partial charge in [0.15, 0.2) is 0 Å². The third kappa shape index (κ3) is 4.29. The van der Waals surface area contributed by atoms with Crippen LogP contribution >= 0.6 is 0 Å². The quantitative estimate of drug-likeness (QED) is 0.364. The largest absolute Gasteiger partial charge is 0.465 e. The van der Waals surface area contributed by atoms with Crippen molar-refractivity contribution in [3.8, 4) is 11.5 Å². The molecule has 6 nitrogen and oxygen atoms in total.